The summed E-state index contributed by atoms with van der Waals surface area (Å²) in [5, 5.41) is 26.6. The van der Waals surface area contributed by atoms with Crippen LogP contribution in [0.1, 0.15) is 20.7 Å². The van der Waals surface area contributed by atoms with Crippen molar-refractivity contribution >= 4 is 65.0 Å². The summed E-state index contributed by atoms with van der Waals surface area (Å²) in [5.74, 6) is -1.81. The molecule has 5 rings (SSSR count). The zero-order valence-corrected chi connectivity index (χ0v) is 22.8. The number of hydrogen-bond donors (Lipinski definition) is 6. The fourth-order valence-electron chi connectivity index (χ4n) is 4.28. The Kier molecular flexibility index (Phi) is 7.08. The van der Waals surface area contributed by atoms with Crippen molar-refractivity contribution in [3.05, 3.63) is 96.1 Å². The van der Waals surface area contributed by atoms with Gasteiger partial charge in [0, 0.05) is 45.4 Å². The molecule has 0 atom stereocenters. The number of amides is 2. The highest BCUT2D eigenvalue weighted by molar-refractivity contribution is 7.86. The van der Waals surface area contributed by atoms with E-state index >= 15 is 0 Å². The zero-order chi connectivity index (χ0) is 30.4. The van der Waals surface area contributed by atoms with Crippen LogP contribution in [0.2, 0.25) is 0 Å². The molecular formula is C28H20N2O10S2. The van der Waals surface area contributed by atoms with Crippen molar-refractivity contribution in [1.82, 2.24) is 0 Å². The van der Waals surface area contributed by atoms with Crippen LogP contribution in [-0.2, 0) is 20.2 Å². The molecule has 0 unspecified atom stereocenters. The molecule has 214 valence electrons. The topological polar surface area (TPSA) is 207 Å². The van der Waals surface area contributed by atoms with Crippen molar-refractivity contribution in [1.29, 1.82) is 0 Å². The lowest BCUT2D eigenvalue weighted by molar-refractivity contribution is 0.101. The standard InChI is InChI=1S/C28H20N2O10S2/c31-25-13-21(41(35,36)37)11-17-9-19(5-7-23(17)25)29-27(33)15-1-2-16(4-3-15)28(34)30-20-6-8-24-18(10-20)12-22(14-26(24)32)42(38,39)40/h1-14,31-32H,(H,29,33)(H,30,34)(H,35,36,37)(H,38,39,40). The number of benzene rings is 5. The molecule has 0 aliphatic heterocycles. The van der Waals surface area contributed by atoms with Gasteiger partial charge in [-0.25, -0.2) is 0 Å². The summed E-state index contributed by atoms with van der Waals surface area (Å²) < 4.78 is 64.5. The van der Waals surface area contributed by atoms with Crippen molar-refractivity contribution in [3.63, 3.8) is 0 Å². The SMILES string of the molecule is O=C(Nc1ccc2c(O)cc(S(=O)(=O)O)cc2c1)c1ccc(C(=O)Nc2ccc3c(O)cc(S(=O)(=O)O)cc3c2)cc1. The quantitative estimate of drug-likeness (QED) is 0.150. The summed E-state index contributed by atoms with van der Waals surface area (Å²) in [7, 11) is -9.13. The maximum atomic E-state index is 12.8. The molecule has 0 spiro atoms. The second-order valence-electron chi connectivity index (χ2n) is 9.19. The third-order valence-corrected chi connectivity index (χ3v) is 7.99. The summed E-state index contributed by atoms with van der Waals surface area (Å²) in [6.07, 6.45) is 0. The number of fused-ring (bicyclic) bond motifs is 2. The predicted octanol–water partition coefficient (Wildman–Crippen LogP) is 4.40. The highest BCUT2D eigenvalue weighted by atomic mass is 32.2. The lowest BCUT2D eigenvalue weighted by Crippen LogP contribution is -2.14. The molecule has 0 aliphatic rings. The van der Waals surface area contributed by atoms with E-state index in [4.69, 9.17) is 0 Å². The summed E-state index contributed by atoms with van der Waals surface area (Å²) in [6, 6.07) is 18.5. The lowest BCUT2D eigenvalue weighted by atomic mass is 10.1. The Balaban J connectivity index is 1.32. The highest BCUT2D eigenvalue weighted by Gasteiger charge is 2.16. The van der Waals surface area contributed by atoms with E-state index < -0.39 is 41.8 Å². The molecule has 0 saturated heterocycles. The van der Waals surface area contributed by atoms with Gasteiger partial charge in [-0.05, 0) is 83.6 Å². The van der Waals surface area contributed by atoms with E-state index in [2.05, 4.69) is 10.6 Å². The van der Waals surface area contributed by atoms with Gasteiger partial charge in [-0.1, -0.05) is 0 Å². The number of phenolic OH excluding ortho intramolecular Hbond substituents is 2. The van der Waals surface area contributed by atoms with Gasteiger partial charge in [-0.15, -0.1) is 0 Å². The van der Waals surface area contributed by atoms with Gasteiger partial charge in [-0.2, -0.15) is 16.8 Å². The summed E-state index contributed by atoms with van der Waals surface area (Å²) in [4.78, 5) is 24.6. The normalized spacial score (nSPS) is 11.9. The molecule has 42 heavy (non-hydrogen) atoms. The van der Waals surface area contributed by atoms with Gasteiger partial charge in [0.15, 0.2) is 0 Å². The number of hydrogen-bond acceptors (Lipinski definition) is 8. The molecule has 0 bridgehead atoms. The lowest BCUT2D eigenvalue weighted by Gasteiger charge is -2.10. The van der Waals surface area contributed by atoms with Crippen LogP contribution in [0.25, 0.3) is 21.5 Å². The van der Waals surface area contributed by atoms with Gasteiger partial charge < -0.3 is 20.8 Å². The monoisotopic (exact) mass is 608 g/mol. The van der Waals surface area contributed by atoms with Crippen LogP contribution in [0, 0.1) is 0 Å². The fraction of sp³-hybridized carbons (Fsp3) is 0. The minimum Gasteiger partial charge on any atom is -0.507 e. The first-order valence-electron chi connectivity index (χ1n) is 11.9. The minimum absolute atomic E-state index is 0.195. The van der Waals surface area contributed by atoms with Crippen LogP contribution in [-0.4, -0.2) is 48.0 Å². The Morgan fingerprint density at radius 1 is 0.524 bits per heavy atom. The smallest absolute Gasteiger partial charge is 0.294 e. The first-order valence-corrected chi connectivity index (χ1v) is 14.8. The molecule has 0 radical (unpaired) electrons. The molecule has 2 amide bonds. The zero-order valence-electron chi connectivity index (χ0n) is 21.1. The Bertz CT molecular complexity index is 1990. The number of nitrogens with one attached hydrogen (secondary N) is 2. The van der Waals surface area contributed by atoms with Crippen LogP contribution in [0.4, 0.5) is 11.4 Å². The second kappa shape index (κ2) is 10.4. The van der Waals surface area contributed by atoms with Crippen LogP contribution in [0.3, 0.4) is 0 Å². The molecule has 0 aliphatic carbocycles. The fourth-order valence-corrected chi connectivity index (χ4v) is 5.35. The number of rotatable bonds is 6. The Hall–Kier alpha value is -5.02. The first kappa shape index (κ1) is 28.5. The number of aromatic hydroxyl groups is 2. The molecule has 5 aromatic rings. The van der Waals surface area contributed by atoms with Crippen LogP contribution in [0.15, 0.2) is 94.7 Å². The third kappa shape index (κ3) is 5.87. The first-order chi connectivity index (χ1) is 19.7. The van der Waals surface area contributed by atoms with Crippen molar-refractivity contribution in [2.24, 2.45) is 0 Å². The van der Waals surface area contributed by atoms with Gasteiger partial charge >= 0.3 is 0 Å². The molecule has 14 heteroatoms. The summed E-state index contributed by atoms with van der Waals surface area (Å²) >= 11 is 0. The van der Waals surface area contributed by atoms with Crippen molar-refractivity contribution in [2.45, 2.75) is 9.79 Å². The molecule has 0 fully saturated rings. The third-order valence-electron chi connectivity index (χ3n) is 6.33. The highest BCUT2D eigenvalue weighted by Crippen LogP contribution is 2.32. The van der Waals surface area contributed by atoms with E-state index in [0.29, 0.717) is 10.8 Å². The van der Waals surface area contributed by atoms with Crippen LogP contribution >= 0.6 is 0 Å². The maximum Gasteiger partial charge on any atom is 0.294 e. The molecule has 0 saturated carbocycles. The molecule has 0 aromatic heterocycles. The molecular weight excluding hydrogens is 588 g/mol. The van der Waals surface area contributed by atoms with Crippen molar-refractivity contribution in [3.8, 4) is 11.5 Å². The van der Waals surface area contributed by atoms with E-state index in [-0.39, 0.29) is 44.8 Å². The van der Waals surface area contributed by atoms with Gasteiger partial charge in [-0.3, -0.25) is 18.7 Å². The maximum absolute atomic E-state index is 12.8. The number of carbonyl (C=O) groups is 2. The van der Waals surface area contributed by atoms with E-state index in [0.717, 1.165) is 24.3 Å². The van der Waals surface area contributed by atoms with Crippen LogP contribution < -0.4 is 10.6 Å². The average molecular weight is 609 g/mol. The van der Waals surface area contributed by atoms with Crippen LogP contribution in [0.5, 0.6) is 11.5 Å². The molecule has 0 heterocycles. The van der Waals surface area contributed by atoms with Gasteiger partial charge in [0.05, 0.1) is 9.79 Å². The molecule has 12 nitrogen and oxygen atoms in total. The largest absolute Gasteiger partial charge is 0.507 e. The second-order valence-corrected chi connectivity index (χ2v) is 12.0. The summed E-state index contributed by atoms with van der Waals surface area (Å²) in [5.41, 5.74) is 0.946. The number of phenols is 2. The van der Waals surface area contributed by atoms with E-state index in [1.807, 2.05) is 0 Å². The average Bonchev–Trinajstić information content (AvgIpc) is 2.91. The van der Waals surface area contributed by atoms with E-state index in [9.17, 15) is 45.7 Å². The van der Waals surface area contributed by atoms with Gasteiger partial charge in [0.2, 0.25) is 0 Å². The van der Waals surface area contributed by atoms with Gasteiger partial charge in [0.25, 0.3) is 32.1 Å². The predicted molar refractivity (Wildman–Crippen MR) is 153 cm³/mol. The van der Waals surface area contributed by atoms with Crippen molar-refractivity contribution < 1.29 is 45.7 Å². The van der Waals surface area contributed by atoms with Gasteiger partial charge in [0.1, 0.15) is 11.5 Å². The number of carbonyl (C=O) groups excluding carboxylic acids is 2. The van der Waals surface area contributed by atoms with E-state index in [1.54, 1.807) is 0 Å². The minimum atomic E-state index is -4.57. The van der Waals surface area contributed by atoms with Crippen molar-refractivity contribution in [2.75, 3.05) is 10.6 Å². The Morgan fingerprint density at radius 2 is 0.881 bits per heavy atom. The van der Waals surface area contributed by atoms with E-state index in [1.165, 1.54) is 60.7 Å². The molecule has 6 N–H and O–H groups in total. The molecule has 5 aromatic carbocycles. The number of anilines is 2. The Labute approximate surface area is 238 Å². The summed E-state index contributed by atoms with van der Waals surface area (Å²) in [6.45, 7) is 0. The Morgan fingerprint density at radius 3 is 1.21 bits per heavy atom.